The summed E-state index contributed by atoms with van der Waals surface area (Å²) in [6, 6.07) is 14.9. The summed E-state index contributed by atoms with van der Waals surface area (Å²) in [4.78, 5) is 16.4. The van der Waals surface area contributed by atoms with Crippen LogP contribution in [0.15, 0.2) is 53.3 Å². The van der Waals surface area contributed by atoms with Crippen LogP contribution in [0.2, 0.25) is 5.02 Å². The van der Waals surface area contributed by atoms with Crippen LogP contribution in [-0.4, -0.2) is 4.98 Å². The largest absolute Gasteiger partial charge is 0.457 e. The number of hydrogen-bond donors (Lipinski definition) is 1. The summed E-state index contributed by atoms with van der Waals surface area (Å²) in [5.41, 5.74) is 4.86. The lowest BCUT2D eigenvalue weighted by Gasteiger charge is -2.18. The van der Waals surface area contributed by atoms with E-state index < -0.39 is 0 Å². The van der Waals surface area contributed by atoms with Crippen molar-refractivity contribution in [1.82, 2.24) is 4.98 Å². The first-order chi connectivity index (χ1) is 12.6. The number of nitrogens with one attached hydrogen (secondary N) is 1. The molecule has 4 rings (SSSR count). The normalized spacial score (nSPS) is 13.3. The van der Waals surface area contributed by atoms with Gasteiger partial charge in [-0.1, -0.05) is 23.7 Å². The Labute approximate surface area is 157 Å². The lowest BCUT2D eigenvalue weighted by atomic mass is 9.91. The van der Waals surface area contributed by atoms with Crippen molar-refractivity contribution >= 4 is 11.6 Å². The molecule has 0 unspecified atom stereocenters. The van der Waals surface area contributed by atoms with E-state index in [4.69, 9.17) is 16.3 Å². The molecule has 2 aromatic carbocycles. The van der Waals surface area contributed by atoms with Gasteiger partial charge in [0.05, 0.1) is 0 Å². The van der Waals surface area contributed by atoms with E-state index in [1.165, 1.54) is 0 Å². The van der Waals surface area contributed by atoms with E-state index in [-0.39, 0.29) is 5.43 Å². The van der Waals surface area contributed by atoms with Crippen LogP contribution in [0.1, 0.15) is 29.8 Å². The summed E-state index contributed by atoms with van der Waals surface area (Å²) in [7, 11) is 0. The molecule has 0 saturated carbocycles. The Kier molecular flexibility index (Phi) is 4.56. The third kappa shape index (κ3) is 3.27. The van der Waals surface area contributed by atoms with Crippen molar-refractivity contribution in [2.45, 2.75) is 32.6 Å². The Morgan fingerprint density at radius 1 is 0.923 bits per heavy atom. The molecule has 0 saturated heterocycles. The highest BCUT2D eigenvalue weighted by Crippen LogP contribution is 2.28. The van der Waals surface area contributed by atoms with E-state index in [0.717, 1.165) is 65.3 Å². The van der Waals surface area contributed by atoms with Crippen LogP contribution in [0.25, 0.3) is 11.1 Å². The quantitative estimate of drug-likeness (QED) is 0.649. The van der Waals surface area contributed by atoms with E-state index in [1.807, 2.05) is 43.3 Å². The molecule has 1 aliphatic rings. The second-order valence-electron chi connectivity index (χ2n) is 6.70. The molecule has 1 heterocycles. The zero-order chi connectivity index (χ0) is 18.1. The van der Waals surface area contributed by atoms with Crippen LogP contribution in [0, 0.1) is 6.92 Å². The van der Waals surface area contributed by atoms with Gasteiger partial charge >= 0.3 is 0 Å². The highest BCUT2D eigenvalue weighted by Gasteiger charge is 2.18. The Morgan fingerprint density at radius 2 is 1.54 bits per heavy atom. The molecular formula is C22H20ClNO2. The lowest BCUT2D eigenvalue weighted by Crippen LogP contribution is -2.21. The summed E-state index contributed by atoms with van der Waals surface area (Å²) in [6.07, 6.45) is 4.08. The molecule has 1 N–H and O–H groups in total. The highest BCUT2D eigenvalue weighted by molar-refractivity contribution is 6.30. The van der Waals surface area contributed by atoms with Crippen molar-refractivity contribution in [2.24, 2.45) is 0 Å². The summed E-state index contributed by atoms with van der Waals surface area (Å²) in [5.74, 6) is 1.45. The van der Waals surface area contributed by atoms with E-state index in [9.17, 15) is 4.79 Å². The summed E-state index contributed by atoms with van der Waals surface area (Å²) >= 11 is 5.90. The van der Waals surface area contributed by atoms with Crippen LogP contribution in [0.3, 0.4) is 0 Å². The number of pyridine rings is 1. The fraction of sp³-hybridized carbons (Fsp3) is 0.227. The maximum absolute atomic E-state index is 13.0. The average molecular weight is 366 g/mol. The molecule has 0 amide bonds. The zero-order valence-corrected chi connectivity index (χ0v) is 15.4. The van der Waals surface area contributed by atoms with Crippen molar-refractivity contribution in [3.8, 4) is 22.6 Å². The minimum Gasteiger partial charge on any atom is -0.457 e. The first kappa shape index (κ1) is 16.9. The first-order valence-corrected chi connectivity index (χ1v) is 9.28. The van der Waals surface area contributed by atoms with E-state index in [0.29, 0.717) is 5.02 Å². The number of rotatable bonds is 3. The Morgan fingerprint density at radius 3 is 2.23 bits per heavy atom. The fourth-order valence-electron chi connectivity index (χ4n) is 3.58. The Balaban J connectivity index is 1.65. The minimum absolute atomic E-state index is 0.169. The predicted molar refractivity (Wildman–Crippen MR) is 105 cm³/mol. The topological polar surface area (TPSA) is 42.1 Å². The molecule has 0 aliphatic heterocycles. The number of aryl methyl sites for hydroxylation is 2. The summed E-state index contributed by atoms with van der Waals surface area (Å²) in [6.45, 7) is 1.98. The van der Waals surface area contributed by atoms with Crippen molar-refractivity contribution < 1.29 is 4.74 Å². The van der Waals surface area contributed by atoms with Crippen LogP contribution in [0.5, 0.6) is 11.5 Å². The SMILES string of the molecule is Cc1[nH]c2c(c(=O)c1-c1ccc(Oc3ccc(Cl)cc3)cc1)CCCC2. The van der Waals surface area contributed by atoms with Gasteiger partial charge in [0.2, 0.25) is 0 Å². The molecule has 3 aromatic rings. The fourth-order valence-corrected chi connectivity index (χ4v) is 3.71. The Bertz CT molecular complexity index is 988. The van der Waals surface area contributed by atoms with Gasteiger partial charge in [0.15, 0.2) is 5.43 Å². The number of ether oxygens (including phenoxy) is 1. The zero-order valence-electron chi connectivity index (χ0n) is 14.6. The van der Waals surface area contributed by atoms with Crippen LogP contribution >= 0.6 is 11.6 Å². The smallest absolute Gasteiger partial charge is 0.193 e. The molecule has 4 heteroatoms. The van der Waals surface area contributed by atoms with Gasteiger partial charge in [-0.05, 0) is 74.6 Å². The maximum atomic E-state index is 13.0. The number of hydrogen-bond acceptors (Lipinski definition) is 2. The van der Waals surface area contributed by atoms with Gasteiger partial charge in [0.1, 0.15) is 11.5 Å². The number of fused-ring (bicyclic) bond motifs is 1. The number of aromatic amines is 1. The molecule has 0 spiro atoms. The standard InChI is InChI=1S/C22H20ClNO2/c1-14-21(22(25)19-4-2-3-5-20(19)24-14)15-6-10-17(11-7-15)26-18-12-8-16(23)9-13-18/h6-13H,2-5H2,1H3,(H,24,25). The highest BCUT2D eigenvalue weighted by atomic mass is 35.5. The summed E-state index contributed by atoms with van der Waals surface area (Å²) in [5, 5.41) is 0.676. The molecular weight excluding hydrogens is 346 g/mol. The molecule has 132 valence electrons. The van der Waals surface area contributed by atoms with Gasteiger partial charge in [-0.3, -0.25) is 4.79 Å². The number of H-pyrrole nitrogens is 1. The van der Waals surface area contributed by atoms with Gasteiger partial charge < -0.3 is 9.72 Å². The molecule has 1 aromatic heterocycles. The molecule has 3 nitrogen and oxygen atoms in total. The van der Waals surface area contributed by atoms with Crippen molar-refractivity contribution in [3.63, 3.8) is 0 Å². The predicted octanol–water partition coefficient (Wildman–Crippen LogP) is 5.67. The first-order valence-electron chi connectivity index (χ1n) is 8.90. The second kappa shape index (κ2) is 7.00. The van der Waals surface area contributed by atoms with Crippen molar-refractivity contribution in [2.75, 3.05) is 0 Å². The van der Waals surface area contributed by atoms with Crippen LogP contribution in [0.4, 0.5) is 0 Å². The van der Waals surface area contributed by atoms with E-state index >= 15 is 0 Å². The summed E-state index contributed by atoms with van der Waals surface area (Å²) < 4.78 is 5.83. The van der Waals surface area contributed by atoms with Crippen molar-refractivity contribution in [3.05, 3.63) is 80.7 Å². The third-order valence-corrected chi connectivity index (χ3v) is 5.13. The van der Waals surface area contributed by atoms with Gasteiger partial charge in [-0.2, -0.15) is 0 Å². The van der Waals surface area contributed by atoms with Gasteiger partial charge in [-0.15, -0.1) is 0 Å². The number of benzene rings is 2. The third-order valence-electron chi connectivity index (χ3n) is 4.87. The van der Waals surface area contributed by atoms with Crippen molar-refractivity contribution in [1.29, 1.82) is 0 Å². The van der Waals surface area contributed by atoms with Gasteiger partial charge in [-0.25, -0.2) is 0 Å². The monoisotopic (exact) mass is 365 g/mol. The second-order valence-corrected chi connectivity index (χ2v) is 7.14. The van der Waals surface area contributed by atoms with Crippen LogP contribution in [-0.2, 0) is 12.8 Å². The average Bonchev–Trinajstić information content (AvgIpc) is 2.65. The number of aromatic nitrogens is 1. The van der Waals surface area contributed by atoms with Gasteiger partial charge in [0, 0.05) is 27.5 Å². The molecule has 0 bridgehead atoms. The molecule has 26 heavy (non-hydrogen) atoms. The molecule has 1 aliphatic carbocycles. The maximum Gasteiger partial charge on any atom is 0.193 e. The molecule has 0 atom stereocenters. The van der Waals surface area contributed by atoms with E-state index in [2.05, 4.69) is 4.98 Å². The van der Waals surface area contributed by atoms with Gasteiger partial charge in [0.25, 0.3) is 0 Å². The minimum atomic E-state index is 0.169. The van der Waals surface area contributed by atoms with Crippen LogP contribution < -0.4 is 10.2 Å². The molecule has 0 radical (unpaired) electrons. The molecule has 0 fully saturated rings. The van der Waals surface area contributed by atoms with E-state index in [1.54, 1.807) is 12.1 Å². The Hall–Kier alpha value is -2.52. The number of halogens is 1. The lowest BCUT2D eigenvalue weighted by molar-refractivity contribution is 0.483.